The second-order valence-electron chi connectivity index (χ2n) is 6.63. The van der Waals surface area contributed by atoms with E-state index in [0.29, 0.717) is 32.3 Å². The Labute approximate surface area is 199 Å². The van der Waals surface area contributed by atoms with Crippen molar-refractivity contribution in [1.29, 1.82) is 0 Å². The number of aromatic nitrogens is 2. The normalized spacial score (nSPS) is 10.4. The molecule has 1 aromatic heterocycles. The molecule has 0 bridgehead atoms. The molecule has 0 saturated carbocycles. The van der Waals surface area contributed by atoms with Gasteiger partial charge in [-0.2, -0.15) is 0 Å². The Morgan fingerprint density at radius 1 is 0.970 bits per heavy atom. The van der Waals surface area contributed by atoms with Gasteiger partial charge in [0.05, 0.1) is 27.1 Å². The van der Waals surface area contributed by atoms with E-state index in [-0.39, 0.29) is 11.7 Å². The van der Waals surface area contributed by atoms with Gasteiger partial charge in [-0.05, 0) is 36.2 Å². The Morgan fingerprint density at radius 2 is 1.64 bits per heavy atom. The molecule has 0 unspecified atom stereocenters. The van der Waals surface area contributed by atoms with Gasteiger partial charge in [0.25, 0.3) is 5.91 Å². The Hall–Kier alpha value is -3.31. The van der Waals surface area contributed by atoms with Crippen molar-refractivity contribution in [2.45, 2.75) is 17.7 Å². The second kappa shape index (κ2) is 11.5. The maximum atomic E-state index is 12.7. The lowest BCUT2D eigenvalue weighted by atomic mass is 10.1. The molecule has 0 aliphatic rings. The first-order valence-corrected chi connectivity index (χ1v) is 11.7. The molecule has 0 aliphatic heterocycles. The molecule has 0 radical (unpaired) electrons. The van der Waals surface area contributed by atoms with Crippen LogP contribution < -0.4 is 24.8 Å². The third-order valence-electron chi connectivity index (χ3n) is 4.53. The van der Waals surface area contributed by atoms with Gasteiger partial charge < -0.3 is 19.5 Å². The van der Waals surface area contributed by atoms with Crippen LogP contribution in [0.25, 0.3) is 0 Å². The van der Waals surface area contributed by atoms with Gasteiger partial charge in [-0.15, -0.1) is 10.2 Å². The second-order valence-corrected chi connectivity index (χ2v) is 8.83. The summed E-state index contributed by atoms with van der Waals surface area (Å²) in [7, 11) is 4.44. The molecule has 0 fully saturated rings. The summed E-state index contributed by atoms with van der Waals surface area (Å²) in [6.07, 6.45) is 0.944. The van der Waals surface area contributed by atoms with Crippen molar-refractivity contribution in [3.63, 3.8) is 0 Å². The molecule has 3 rings (SSSR count). The minimum Gasteiger partial charge on any atom is -0.493 e. The third-order valence-corrected chi connectivity index (χ3v) is 6.50. The minimum atomic E-state index is -0.407. The van der Waals surface area contributed by atoms with Crippen LogP contribution in [0.1, 0.15) is 22.8 Å². The molecule has 11 heteroatoms. The molecule has 174 valence electrons. The van der Waals surface area contributed by atoms with Crippen LogP contribution in [0.2, 0.25) is 0 Å². The Balaban J connectivity index is 1.58. The molecular formula is C22H24N4O5S2. The fourth-order valence-electron chi connectivity index (χ4n) is 2.85. The van der Waals surface area contributed by atoms with Crippen LogP contribution in [0.4, 0.5) is 10.8 Å². The summed E-state index contributed by atoms with van der Waals surface area (Å²) < 4.78 is 16.4. The zero-order valence-corrected chi connectivity index (χ0v) is 20.3. The van der Waals surface area contributed by atoms with Crippen molar-refractivity contribution in [3.8, 4) is 17.2 Å². The lowest BCUT2D eigenvalue weighted by Crippen LogP contribution is -2.13. The number of hydrogen-bond donors (Lipinski definition) is 2. The molecule has 33 heavy (non-hydrogen) atoms. The number of aryl methyl sites for hydroxylation is 1. The van der Waals surface area contributed by atoms with Crippen LogP contribution in [0, 0.1) is 0 Å². The summed E-state index contributed by atoms with van der Waals surface area (Å²) in [5, 5.41) is 13.9. The summed E-state index contributed by atoms with van der Waals surface area (Å²) in [5.74, 6) is 0.741. The van der Waals surface area contributed by atoms with E-state index in [1.54, 1.807) is 12.1 Å². The lowest BCUT2D eigenvalue weighted by Gasteiger charge is -2.13. The number of methoxy groups -OCH3 is 3. The summed E-state index contributed by atoms with van der Waals surface area (Å²) in [4.78, 5) is 24.9. The highest BCUT2D eigenvalue weighted by Crippen LogP contribution is 2.38. The minimum absolute atomic E-state index is 0.151. The monoisotopic (exact) mass is 488 g/mol. The average molecular weight is 489 g/mol. The van der Waals surface area contributed by atoms with E-state index in [1.165, 1.54) is 50.0 Å². The SMILES string of the molecule is CCc1ccc(NC(=O)CSc2nnc(NC(=O)c3cc(OC)c(OC)c(OC)c3)s2)cc1. The number of nitrogens with one attached hydrogen (secondary N) is 2. The van der Waals surface area contributed by atoms with E-state index in [9.17, 15) is 9.59 Å². The maximum absolute atomic E-state index is 12.7. The number of nitrogens with zero attached hydrogens (tertiary/aromatic N) is 2. The molecule has 0 saturated heterocycles. The van der Waals surface area contributed by atoms with Crippen molar-refractivity contribution >= 4 is 45.7 Å². The van der Waals surface area contributed by atoms with E-state index in [4.69, 9.17) is 14.2 Å². The highest BCUT2D eigenvalue weighted by molar-refractivity contribution is 8.01. The standard InChI is InChI=1S/C22H24N4O5S2/c1-5-13-6-8-15(9-7-13)23-18(27)12-32-22-26-25-21(33-22)24-20(28)14-10-16(29-2)19(31-4)17(11-14)30-3/h6-11H,5,12H2,1-4H3,(H,23,27)(H,24,25,28). The van der Waals surface area contributed by atoms with Crippen LogP contribution in [-0.2, 0) is 11.2 Å². The number of anilines is 2. The summed E-state index contributed by atoms with van der Waals surface area (Å²) >= 11 is 2.42. The highest BCUT2D eigenvalue weighted by Gasteiger charge is 2.18. The quantitative estimate of drug-likeness (QED) is 0.324. The number of ether oxygens (including phenoxy) is 3. The van der Waals surface area contributed by atoms with Gasteiger partial charge in [0.15, 0.2) is 15.8 Å². The van der Waals surface area contributed by atoms with Crippen LogP contribution in [0.3, 0.4) is 0 Å². The summed E-state index contributed by atoms with van der Waals surface area (Å²) in [6.45, 7) is 2.08. The summed E-state index contributed by atoms with van der Waals surface area (Å²) in [5.41, 5.74) is 2.26. The van der Waals surface area contributed by atoms with Crippen molar-refractivity contribution in [3.05, 3.63) is 47.5 Å². The molecule has 9 nitrogen and oxygen atoms in total. The largest absolute Gasteiger partial charge is 0.493 e. The molecular weight excluding hydrogens is 464 g/mol. The number of benzene rings is 2. The topological polar surface area (TPSA) is 112 Å². The Bertz CT molecular complexity index is 1090. The maximum Gasteiger partial charge on any atom is 0.257 e. The summed E-state index contributed by atoms with van der Waals surface area (Å²) in [6, 6.07) is 10.8. The number of amides is 2. The van der Waals surface area contributed by atoms with E-state index in [1.807, 2.05) is 24.3 Å². The van der Waals surface area contributed by atoms with Crippen molar-refractivity contribution in [1.82, 2.24) is 10.2 Å². The zero-order chi connectivity index (χ0) is 23.8. The fraction of sp³-hybridized carbons (Fsp3) is 0.273. The smallest absolute Gasteiger partial charge is 0.257 e. The van der Waals surface area contributed by atoms with Gasteiger partial charge in [0.2, 0.25) is 16.8 Å². The van der Waals surface area contributed by atoms with Crippen molar-refractivity contribution in [2.24, 2.45) is 0 Å². The molecule has 2 N–H and O–H groups in total. The molecule has 2 aromatic carbocycles. The predicted molar refractivity (Wildman–Crippen MR) is 129 cm³/mol. The third kappa shape index (κ3) is 6.36. The number of carbonyl (C=O) groups is 2. The molecule has 0 aliphatic carbocycles. The number of thioether (sulfide) groups is 1. The van der Waals surface area contributed by atoms with Gasteiger partial charge >= 0.3 is 0 Å². The Morgan fingerprint density at radius 3 is 2.21 bits per heavy atom. The zero-order valence-electron chi connectivity index (χ0n) is 18.6. The lowest BCUT2D eigenvalue weighted by molar-refractivity contribution is -0.113. The van der Waals surface area contributed by atoms with Gasteiger partial charge in [-0.1, -0.05) is 42.2 Å². The van der Waals surface area contributed by atoms with Gasteiger partial charge in [0, 0.05) is 11.3 Å². The van der Waals surface area contributed by atoms with Crippen LogP contribution in [-0.4, -0.2) is 49.1 Å². The van der Waals surface area contributed by atoms with Gasteiger partial charge in [0.1, 0.15) is 0 Å². The number of rotatable bonds is 10. The Kier molecular flexibility index (Phi) is 8.50. The van der Waals surface area contributed by atoms with E-state index < -0.39 is 5.91 Å². The molecule has 2 amide bonds. The first-order chi connectivity index (χ1) is 16.0. The van der Waals surface area contributed by atoms with Crippen LogP contribution in [0.15, 0.2) is 40.7 Å². The predicted octanol–water partition coefficient (Wildman–Crippen LogP) is 4.11. The van der Waals surface area contributed by atoms with Gasteiger partial charge in [-0.25, -0.2) is 0 Å². The first-order valence-electron chi connectivity index (χ1n) is 9.93. The van der Waals surface area contributed by atoms with E-state index in [2.05, 4.69) is 27.8 Å². The number of carbonyl (C=O) groups excluding carboxylic acids is 2. The van der Waals surface area contributed by atoms with Crippen molar-refractivity contribution in [2.75, 3.05) is 37.7 Å². The number of hydrogen-bond acceptors (Lipinski definition) is 9. The van der Waals surface area contributed by atoms with Crippen LogP contribution >= 0.6 is 23.1 Å². The van der Waals surface area contributed by atoms with Crippen LogP contribution in [0.5, 0.6) is 17.2 Å². The highest BCUT2D eigenvalue weighted by atomic mass is 32.2. The molecule has 0 spiro atoms. The molecule has 0 atom stereocenters. The molecule has 3 aromatic rings. The molecule has 1 heterocycles. The van der Waals surface area contributed by atoms with Crippen molar-refractivity contribution < 1.29 is 23.8 Å². The van der Waals surface area contributed by atoms with Gasteiger partial charge in [-0.3, -0.25) is 14.9 Å². The first kappa shape index (κ1) is 24.3. The average Bonchev–Trinajstić information content (AvgIpc) is 3.29. The fourth-order valence-corrected chi connectivity index (χ4v) is 4.40. The van der Waals surface area contributed by atoms with E-state index >= 15 is 0 Å². The van der Waals surface area contributed by atoms with E-state index in [0.717, 1.165) is 12.1 Å².